The van der Waals surface area contributed by atoms with Crippen LogP contribution >= 0.6 is 0 Å². The summed E-state index contributed by atoms with van der Waals surface area (Å²) in [6.07, 6.45) is -5.11. The Kier molecular flexibility index (Phi) is 5.60. The van der Waals surface area contributed by atoms with Crippen LogP contribution < -0.4 is 10.2 Å². The summed E-state index contributed by atoms with van der Waals surface area (Å²) >= 11 is 0. The number of nitrogens with zero attached hydrogens (tertiary/aromatic N) is 1. The molecule has 1 aromatic carbocycles. The first kappa shape index (κ1) is 15.8. The van der Waals surface area contributed by atoms with Gasteiger partial charge >= 0.3 is 6.18 Å². The zero-order valence-electron chi connectivity index (χ0n) is 11.0. The van der Waals surface area contributed by atoms with Crippen LogP contribution in [-0.2, 0) is 6.54 Å². The second-order valence-corrected chi connectivity index (χ2v) is 4.38. The molecule has 0 saturated carbocycles. The van der Waals surface area contributed by atoms with Gasteiger partial charge in [0.1, 0.15) is 5.82 Å². The van der Waals surface area contributed by atoms with Gasteiger partial charge in [0, 0.05) is 25.8 Å². The van der Waals surface area contributed by atoms with Gasteiger partial charge in [-0.1, -0.05) is 6.92 Å². The highest BCUT2D eigenvalue weighted by Crippen LogP contribution is 2.23. The minimum Gasteiger partial charge on any atom is -0.374 e. The summed E-state index contributed by atoms with van der Waals surface area (Å²) in [5.74, 6) is -0.440. The topological polar surface area (TPSA) is 15.3 Å². The van der Waals surface area contributed by atoms with E-state index in [9.17, 15) is 17.6 Å². The fraction of sp³-hybridized carbons (Fsp3) is 0.538. The number of halogens is 4. The number of anilines is 1. The molecule has 0 aliphatic heterocycles. The second-order valence-electron chi connectivity index (χ2n) is 4.38. The molecule has 0 amide bonds. The molecule has 0 radical (unpaired) electrons. The van der Waals surface area contributed by atoms with Gasteiger partial charge < -0.3 is 10.2 Å². The van der Waals surface area contributed by atoms with Crippen LogP contribution in [0.1, 0.15) is 18.9 Å². The Balaban J connectivity index is 2.73. The third-order valence-electron chi connectivity index (χ3n) is 2.69. The number of nitrogens with one attached hydrogen (secondary N) is 1. The number of alkyl halides is 3. The van der Waals surface area contributed by atoms with Crippen LogP contribution in [0.3, 0.4) is 0 Å². The molecule has 0 aliphatic rings. The quantitative estimate of drug-likeness (QED) is 0.803. The first-order chi connectivity index (χ1) is 8.81. The molecule has 0 heterocycles. The van der Waals surface area contributed by atoms with Gasteiger partial charge in [-0.3, -0.25) is 0 Å². The Morgan fingerprint density at radius 1 is 1.21 bits per heavy atom. The van der Waals surface area contributed by atoms with Gasteiger partial charge in [0.15, 0.2) is 0 Å². The van der Waals surface area contributed by atoms with Crippen LogP contribution in [0.2, 0.25) is 0 Å². The molecule has 1 rings (SSSR count). The maximum absolute atomic E-state index is 13.4. The van der Waals surface area contributed by atoms with E-state index in [1.807, 2.05) is 6.92 Å². The van der Waals surface area contributed by atoms with E-state index in [4.69, 9.17) is 0 Å². The molecule has 0 aromatic heterocycles. The highest BCUT2D eigenvalue weighted by atomic mass is 19.4. The molecule has 1 N–H and O–H groups in total. The Bertz CT molecular complexity index is 404. The third-order valence-corrected chi connectivity index (χ3v) is 2.69. The van der Waals surface area contributed by atoms with E-state index in [1.165, 1.54) is 24.1 Å². The smallest absolute Gasteiger partial charge is 0.374 e. The van der Waals surface area contributed by atoms with E-state index < -0.39 is 18.4 Å². The van der Waals surface area contributed by atoms with Crippen LogP contribution in [0.25, 0.3) is 0 Å². The van der Waals surface area contributed by atoms with Crippen LogP contribution in [0.5, 0.6) is 0 Å². The summed E-state index contributed by atoms with van der Waals surface area (Å²) in [5, 5.41) is 3.05. The second kappa shape index (κ2) is 6.75. The number of rotatable bonds is 6. The highest BCUT2D eigenvalue weighted by Gasteiger charge is 2.27. The lowest BCUT2D eigenvalue weighted by Crippen LogP contribution is -2.24. The van der Waals surface area contributed by atoms with Crippen LogP contribution in [0.15, 0.2) is 18.2 Å². The van der Waals surface area contributed by atoms with Crippen molar-refractivity contribution in [2.24, 2.45) is 0 Å². The van der Waals surface area contributed by atoms with Crippen LogP contribution in [0.4, 0.5) is 23.2 Å². The molecule has 0 aliphatic carbocycles. The number of hydrogen-bond acceptors (Lipinski definition) is 2. The summed E-state index contributed by atoms with van der Waals surface area (Å²) in [7, 11) is 1.53. The summed E-state index contributed by atoms with van der Waals surface area (Å²) < 4.78 is 49.9. The molecule has 0 unspecified atom stereocenters. The third kappa shape index (κ3) is 5.92. The Hall–Kier alpha value is -1.30. The predicted octanol–water partition coefficient (Wildman–Crippen LogP) is 3.32. The van der Waals surface area contributed by atoms with E-state index in [0.29, 0.717) is 12.2 Å². The van der Waals surface area contributed by atoms with Gasteiger partial charge in [0.2, 0.25) is 0 Å². The zero-order chi connectivity index (χ0) is 14.5. The first-order valence-electron chi connectivity index (χ1n) is 6.10. The maximum Gasteiger partial charge on any atom is 0.390 e. The molecule has 2 nitrogen and oxygen atoms in total. The predicted molar refractivity (Wildman–Crippen MR) is 67.7 cm³/mol. The summed E-state index contributed by atoms with van der Waals surface area (Å²) in [4.78, 5) is 1.41. The largest absolute Gasteiger partial charge is 0.390 e. The van der Waals surface area contributed by atoms with Crippen LogP contribution in [-0.4, -0.2) is 26.3 Å². The van der Waals surface area contributed by atoms with Crippen molar-refractivity contribution in [2.45, 2.75) is 26.1 Å². The SMILES string of the molecule is CCNCc1cc(F)cc(N(C)CCC(F)(F)F)c1. The van der Waals surface area contributed by atoms with Gasteiger partial charge in [-0.05, 0) is 30.3 Å². The molecule has 6 heteroatoms. The van der Waals surface area contributed by atoms with Crippen molar-refractivity contribution >= 4 is 5.69 Å². The first-order valence-corrected chi connectivity index (χ1v) is 6.10. The Labute approximate surface area is 110 Å². The molecular weight excluding hydrogens is 260 g/mol. The van der Waals surface area contributed by atoms with Gasteiger partial charge in [0.05, 0.1) is 6.42 Å². The lowest BCUT2D eigenvalue weighted by molar-refractivity contribution is -0.132. The minimum absolute atomic E-state index is 0.187. The fourth-order valence-electron chi connectivity index (χ4n) is 1.65. The van der Waals surface area contributed by atoms with Crippen molar-refractivity contribution in [3.05, 3.63) is 29.6 Å². The van der Waals surface area contributed by atoms with E-state index >= 15 is 0 Å². The molecule has 0 atom stereocenters. The van der Waals surface area contributed by atoms with Crippen molar-refractivity contribution in [2.75, 3.05) is 25.0 Å². The van der Waals surface area contributed by atoms with Gasteiger partial charge in [-0.2, -0.15) is 13.2 Å². The van der Waals surface area contributed by atoms with E-state index in [1.54, 1.807) is 6.07 Å². The van der Waals surface area contributed by atoms with Gasteiger partial charge in [0.25, 0.3) is 0 Å². The Morgan fingerprint density at radius 2 is 1.89 bits per heavy atom. The van der Waals surface area contributed by atoms with E-state index in [-0.39, 0.29) is 6.54 Å². The molecule has 0 fully saturated rings. The molecule has 108 valence electrons. The lowest BCUT2D eigenvalue weighted by Gasteiger charge is -2.21. The van der Waals surface area contributed by atoms with Crippen LogP contribution in [0, 0.1) is 5.82 Å². The lowest BCUT2D eigenvalue weighted by atomic mass is 10.1. The zero-order valence-corrected chi connectivity index (χ0v) is 11.0. The number of hydrogen-bond donors (Lipinski definition) is 1. The average molecular weight is 278 g/mol. The number of benzene rings is 1. The maximum atomic E-state index is 13.4. The molecule has 0 saturated heterocycles. The molecular formula is C13H18F4N2. The molecule has 0 spiro atoms. The molecule has 1 aromatic rings. The van der Waals surface area contributed by atoms with Crippen molar-refractivity contribution in [3.8, 4) is 0 Å². The summed E-state index contributed by atoms with van der Waals surface area (Å²) in [5.41, 5.74) is 1.17. The standard InChI is InChI=1S/C13H18F4N2/c1-3-18-9-10-6-11(14)8-12(7-10)19(2)5-4-13(15,16)17/h6-8,18H,3-5,9H2,1-2H3. The Morgan fingerprint density at radius 3 is 2.47 bits per heavy atom. The molecule has 0 bridgehead atoms. The van der Waals surface area contributed by atoms with Gasteiger partial charge in [-0.15, -0.1) is 0 Å². The van der Waals surface area contributed by atoms with Gasteiger partial charge in [-0.25, -0.2) is 4.39 Å². The molecule has 19 heavy (non-hydrogen) atoms. The van der Waals surface area contributed by atoms with E-state index in [2.05, 4.69) is 5.32 Å². The van der Waals surface area contributed by atoms with Crippen molar-refractivity contribution in [3.63, 3.8) is 0 Å². The monoisotopic (exact) mass is 278 g/mol. The minimum atomic E-state index is -4.20. The normalized spacial score (nSPS) is 11.7. The fourth-order valence-corrected chi connectivity index (χ4v) is 1.65. The average Bonchev–Trinajstić information content (AvgIpc) is 2.31. The summed E-state index contributed by atoms with van der Waals surface area (Å²) in [6, 6.07) is 4.32. The van der Waals surface area contributed by atoms with Crippen molar-refractivity contribution < 1.29 is 17.6 Å². The van der Waals surface area contributed by atoms with E-state index in [0.717, 1.165) is 12.1 Å². The van der Waals surface area contributed by atoms with Crippen molar-refractivity contribution in [1.29, 1.82) is 0 Å². The van der Waals surface area contributed by atoms with Crippen molar-refractivity contribution in [1.82, 2.24) is 5.32 Å². The summed E-state index contributed by atoms with van der Waals surface area (Å²) in [6.45, 7) is 2.98. The highest BCUT2D eigenvalue weighted by molar-refractivity contribution is 5.48.